The number of imidazole rings is 1. The summed E-state index contributed by atoms with van der Waals surface area (Å²) in [5, 5.41) is 13.9. The number of pyridine rings is 1. The average molecular weight is 413 g/mol. The van der Waals surface area contributed by atoms with E-state index in [1.165, 1.54) is 0 Å². The lowest BCUT2D eigenvalue weighted by Gasteiger charge is -2.28. The number of hydrogen-bond donors (Lipinski definition) is 1. The largest absolute Gasteiger partial charge is 0.378 e. The zero-order valence-corrected chi connectivity index (χ0v) is 17.5. The predicted octanol–water partition coefficient (Wildman–Crippen LogP) is 3.47. The van der Waals surface area contributed by atoms with Crippen LogP contribution in [0.15, 0.2) is 42.9 Å². The van der Waals surface area contributed by atoms with Gasteiger partial charge in [0.2, 0.25) is 5.78 Å². The summed E-state index contributed by atoms with van der Waals surface area (Å²) in [5.41, 5.74) is 3.68. The van der Waals surface area contributed by atoms with E-state index in [-0.39, 0.29) is 6.04 Å². The minimum absolute atomic E-state index is 0.0404. The number of nitriles is 1. The molecule has 0 amide bonds. The second kappa shape index (κ2) is 7.85. The van der Waals surface area contributed by atoms with Crippen LogP contribution in [0, 0.1) is 18.3 Å². The molecule has 0 aliphatic carbocycles. The number of fused-ring (bicyclic) bond motifs is 3. The van der Waals surface area contributed by atoms with Crippen molar-refractivity contribution in [3.05, 3.63) is 59.5 Å². The van der Waals surface area contributed by atoms with Gasteiger partial charge in [-0.1, -0.05) is 12.1 Å². The second-order valence-electron chi connectivity index (χ2n) is 7.71. The van der Waals surface area contributed by atoms with E-state index in [0.717, 1.165) is 46.8 Å². The van der Waals surface area contributed by atoms with Crippen LogP contribution in [0.4, 0.5) is 11.6 Å². The van der Waals surface area contributed by atoms with Gasteiger partial charge in [-0.3, -0.25) is 4.40 Å². The zero-order chi connectivity index (χ0) is 21.4. The number of nitrogens with zero attached hydrogens (tertiary/aromatic N) is 6. The van der Waals surface area contributed by atoms with Crippen LogP contribution >= 0.6 is 0 Å². The van der Waals surface area contributed by atoms with Gasteiger partial charge in [0.05, 0.1) is 42.6 Å². The maximum absolute atomic E-state index is 9.39. The Balaban J connectivity index is 1.60. The first-order valence-electron chi connectivity index (χ1n) is 10.4. The van der Waals surface area contributed by atoms with E-state index in [1.807, 2.05) is 41.9 Å². The van der Waals surface area contributed by atoms with Gasteiger partial charge in [0, 0.05) is 30.9 Å². The lowest BCUT2D eigenvalue weighted by Crippen LogP contribution is -2.36. The van der Waals surface area contributed by atoms with Crippen molar-refractivity contribution in [3.8, 4) is 6.07 Å². The molecule has 4 heterocycles. The van der Waals surface area contributed by atoms with Crippen molar-refractivity contribution in [2.45, 2.75) is 19.9 Å². The van der Waals surface area contributed by atoms with Crippen LogP contribution < -0.4 is 10.2 Å². The minimum atomic E-state index is -0.0404. The summed E-state index contributed by atoms with van der Waals surface area (Å²) in [6, 6.07) is 10.1. The Bertz CT molecular complexity index is 1300. The van der Waals surface area contributed by atoms with Crippen molar-refractivity contribution in [2.75, 3.05) is 36.5 Å². The van der Waals surface area contributed by atoms with Crippen molar-refractivity contribution in [1.82, 2.24) is 19.4 Å². The molecule has 1 aliphatic rings. The van der Waals surface area contributed by atoms with Crippen LogP contribution in [0.2, 0.25) is 0 Å². The number of aromatic nitrogens is 4. The fourth-order valence-electron chi connectivity index (χ4n) is 4.15. The summed E-state index contributed by atoms with van der Waals surface area (Å²) in [7, 11) is 0. The normalized spacial score (nSPS) is 15.2. The molecule has 4 aromatic rings. The molecule has 0 saturated carbocycles. The molecule has 0 radical (unpaired) electrons. The van der Waals surface area contributed by atoms with Gasteiger partial charge in [-0.25, -0.2) is 9.97 Å². The first kappa shape index (κ1) is 19.3. The van der Waals surface area contributed by atoms with Gasteiger partial charge >= 0.3 is 0 Å². The molecule has 1 atom stereocenters. The molecule has 1 saturated heterocycles. The van der Waals surface area contributed by atoms with Gasteiger partial charge < -0.3 is 15.0 Å². The molecule has 3 aromatic heterocycles. The van der Waals surface area contributed by atoms with Crippen molar-refractivity contribution in [3.63, 3.8) is 0 Å². The maximum Gasteiger partial charge on any atom is 0.236 e. The Kier molecular flexibility index (Phi) is 4.88. The molecule has 1 fully saturated rings. The third-order valence-electron chi connectivity index (χ3n) is 5.87. The Morgan fingerprint density at radius 3 is 2.87 bits per heavy atom. The van der Waals surface area contributed by atoms with Gasteiger partial charge in [-0.2, -0.15) is 10.2 Å². The standard InChI is InChI=1S/C23H23N7O/c1-15-17(13-24)4-3-5-18(15)16(2)27-22-19-12-21(29-8-10-31-11-9-29)26-14-20(19)30-7-6-25-23(30)28-22/h3-7,12,14,16H,8-11H2,1-2H3,(H,25,27,28)/t16-/m1/s1. The highest BCUT2D eigenvalue weighted by atomic mass is 16.5. The van der Waals surface area contributed by atoms with Crippen LogP contribution in [0.3, 0.4) is 0 Å². The molecule has 0 unspecified atom stereocenters. The molecule has 156 valence electrons. The van der Waals surface area contributed by atoms with Gasteiger partial charge in [0.25, 0.3) is 0 Å². The quantitative estimate of drug-likeness (QED) is 0.548. The third-order valence-corrected chi connectivity index (χ3v) is 5.87. The monoisotopic (exact) mass is 413 g/mol. The second-order valence-corrected chi connectivity index (χ2v) is 7.71. The SMILES string of the molecule is Cc1c(C#N)cccc1[C@@H](C)Nc1nc2nccn2c2cnc(N3CCOCC3)cc12. The lowest BCUT2D eigenvalue weighted by molar-refractivity contribution is 0.122. The molecule has 1 N–H and O–H groups in total. The van der Waals surface area contributed by atoms with Crippen molar-refractivity contribution < 1.29 is 4.74 Å². The number of hydrogen-bond acceptors (Lipinski definition) is 7. The van der Waals surface area contributed by atoms with Crippen LogP contribution in [-0.4, -0.2) is 45.7 Å². The van der Waals surface area contributed by atoms with Gasteiger partial charge in [0.1, 0.15) is 11.6 Å². The number of rotatable bonds is 4. The fraction of sp³-hybridized carbons (Fsp3) is 0.304. The van der Waals surface area contributed by atoms with E-state index in [0.29, 0.717) is 24.6 Å². The molecule has 5 rings (SSSR count). The summed E-state index contributed by atoms with van der Waals surface area (Å²) in [6.45, 7) is 7.11. The Labute approximate surface area is 180 Å². The summed E-state index contributed by atoms with van der Waals surface area (Å²) in [6.07, 6.45) is 5.52. The van der Waals surface area contributed by atoms with Crippen molar-refractivity contribution in [2.24, 2.45) is 0 Å². The maximum atomic E-state index is 9.39. The minimum Gasteiger partial charge on any atom is -0.378 e. The first-order valence-corrected chi connectivity index (χ1v) is 10.4. The molecular formula is C23H23N7O. The number of anilines is 2. The molecule has 1 aromatic carbocycles. The summed E-state index contributed by atoms with van der Waals surface area (Å²) in [4.78, 5) is 16.1. The Morgan fingerprint density at radius 1 is 1.23 bits per heavy atom. The Hall–Kier alpha value is -3.70. The van der Waals surface area contributed by atoms with E-state index in [1.54, 1.807) is 6.20 Å². The third kappa shape index (κ3) is 3.43. The topological polar surface area (TPSA) is 91.4 Å². The van der Waals surface area contributed by atoms with Crippen LogP contribution in [0.25, 0.3) is 16.7 Å². The fourth-order valence-corrected chi connectivity index (χ4v) is 4.15. The van der Waals surface area contributed by atoms with E-state index in [4.69, 9.17) is 14.7 Å². The van der Waals surface area contributed by atoms with Crippen LogP contribution in [0.5, 0.6) is 0 Å². The molecule has 31 heavy (non-hydrogen) atoms. The molecule has 8 heteroatoms. The highest BCUT2D eigenvalue weighted by Crippen LogP contribution is 2.30. The summed E-state index contributed by atoms with van der Waals surface area (Å²) >= 11 is 0. The predicted molar refractivity (Wildman–Crippen MR) is 119 cm³/mol. The lowest BCUT2D eigenvalue weighted by atomic mass is 9.98. The molecule has 1 aliphatic heterocycles. The van der Waals surface area contributed by atoms with E-state index < -0.39 is 0 Å². The van der Waals surface area contributed by atoms with Crippen LogP contribution in [0.1, 0.15) is 29.7 Å². The number of benzene rings is 1. The highest BCUT2D eigenvalue weighted by Gasteiger charge is 2.18. The average Bonchev–Trinajstić information content (AvgIpc) is 3.28. The van der Waals surface area contributed by atoms with Gasteiger partial charge in [-0.05, 0) is 37.1 Å². The van der Waals surface area contributed by atoms with Gasteiger partial charge in [0.15, 0.2) is 0 Å². The first-order chi connectivity index (χ1) is 15.2. The summed E-state index contributed by atoms with van der Waals surface area (Å²) < 4.78 is 7.43. The number of ether oxygens (including phenoxy) is 1. The van der Waals surface area contributed by atoms with E-state index in [9.17, 15) is 5.26 Å². The molecule has 8 nitrogen and oxygen atoms in total. The van der Waals surface area contributed by atoms with Crippen molar-refractivity contribution in [1.29, 1.82) is 5.26 Å². The highest BCUT2D eigenvalue weighted by molar-refractivity contribution is 5.92. The number of nitrogens with one attached hydrogen (secondary N) is 1. The molecular weight excluding hydrogens is 390 g/mol. The number of morpholine rings is 1. The van der Waals surface area contributed by atoms with Gasteiger partial charge in [-0.15, -0.1) is 0 Å². The van der Waals surface area contributed by atoms with E-state index >= 15 is 0 Å². The molecule has 0 bridgehead atoms. The summed E-state index contributed by atoms with van der Waals surface area (Å²) in [5.74, 6) is 2.28. The van der Waals surface area contributed by atoms with E-state index in [2.05, 4.69) is 34.3 Å². The van der Waals surface area contributed by atoms with Crippen LogP contribution in [-0.2, 0) is 4.74 Å². The smallest absolute Gasteiger partial charge is 0.236 e. The Morgan fingerprint density at radius 2 is 2.06 bits per heavy atom. The van der Waals surface area contributed by atoms with Crippen molar-refractivity contribution >= 4 is 28.3 Å². The zero-order valence-electron chi connectivity index (χ0n) is 17.5. The molecule has 0 spiro atoms.